The van der Waals surface area contributed by atoms with Crippen LogP contribution in [0.2, 0.25) is 0 Å². The van der Waals surface area contributed by atoms with Crippen molar-refractivity contribution in [3.63, 3.8) is 0 Å². The predicted molar refractivity (Wildman–Crippen MR) is 102 cm³/mol. The van der Waals surface area contributed by atoms with Crippen LogP contribution in [-0.4, -0.2) is 61.5 Å². The average Bonchev–Trinajstić information content (AvgIpc) is 2.77. The van der Waals surface area contributed by atoms with Crippen LogP contribution in [0.1, 0.15) is 15.9 Å². The van der Waals surface area contributed by atoms with Crippen molar-refractivity contribution in [2.45, 2.75) is 0 Å². The number of benzene rings is 2. The third kappa shape index (κ3) is 4.60. The number of nitriles is 1. The minimum absolute atomic E-state index is 0.0511. The van der Waals surface area contributed by atoms with Crippen molar-refractivity contribution < 1.29 is 19.1 Å². The van der Waals surface area contributed by atoms with Crippen LogP contribution >= 0.6 is 0 Å². The van der Waals surface area contributed by atoms with Crippen molar-refractivity contribution in [2.75, 3.05) is 39.9 Å². The summed E-state index contributed by atoms with van der Waals surface area (Å²) < 4.78 is 10.6. The Labute approximate surface area is 163 Å². The van der Waals surface area contributed by atoms with E-state index in [1.807, 2.05) is 6.07 Å². The molecule has 1 heterocycles. The molecule has 0 radical (unpaired) electrons. The third-order valence-corrected chi connectivity index (χ3v) is 4.58. The highest BCUT2D eigenvalue weighted by molar-refractivity contribution is 5.94. The summed E-state index contributed by atoms with van der Waals surface area (Å²) in [7, 11) is 1.59. The molecule has 3 rings (SSSR count). The van der Waals surface area contributed by atoms with Crippen molar-refractivity contribution in [1.29, 1.82) is 5.26 Å². The molecule has 0 N–H and O–H groups in total. The minimum Gasteiger partial charge on any atom is -0.497 e. The first kappa shape index (κ1) is 19.2. The van der Waals surface area contributed by atoms with E-state index >= 15 is 0 Å². The smallest absolute Gasteiger partial charge is 0.260 e. The number of hydrogen-bond acceptors (Lipinski definition) is 5. The van der Waals surface area contributed by atoms with Crippen LogP contribution in [0.3, 0.4) is 0 Å². The van der Waals surface area contributed by atoms with Gasteiger partial charge in [0.05, 0.1) is 18.7 Å². The van der Waals surface area contributed by atoms with Crippen LogP contribution in [0, 0.1) is 11.3 Å². The number of amides is 2. The van der Waals surface area contributed by atoms with Gasteiger partial charge in [-0.05, 0) is 42.5 Å². The van der Waals surface area contributed by atoms with E-state index < -0.39 is 0 Å². The molecule has 1 saturated heterocycles. The van der Waals surface area contributed by atoms with Gasteiger partial charge in [0.2, 0.25) is 0 Å². The van der Waals surface area contributed by atoms with E-state index in [0.717, 1.165) is 5.75 Å². The summed E-state index contributed by atoms with van der Waals surface area (Å²) in [5.74, 6) is 1.08. The fourth-order valence-electron chi connectivity index (χ4n) is 2.97. The van der Waals surface area contributed by atoms with Gasteiger partial charge in [-0.25, -0.2) is 0 Å². The number of carbonyl (C=O) groups is 2. The fourth-order valence-corrected chi connectivity index (χ4v) is 2.97. The second-order valence-electron chi connectivity index (χ2n) is 6.33. The van der Waals surface area contributed by atoms with E-state index in [2.05, 4.69) is 0 Å². The van der Waals surface area contributed by atoms with Gasteiger partial charge < -0.3 is 19.3 Å². The molecule has 0 aliphatic carbocycles. The van der Waals surface area contributed by atoms with Crippen LogP contribution in [0.25, 0.3) is 0 Å². The van der Waals surface area contributed by atoms with Gasteiger partial charge in [-0.1, -0.05) is 6.07 Å². The highest BCUT2D eigenvalue weighted by Crippen LogP contribution is 2.17. The zero-order valence-corrected chi connectivity index (χ0v) is 15.6. The average molecular weight is 379 g/mol. The Morgan fingerprint density at radius 3 is 2.29 bits per heavy atom. The molecular formula is C21H21N3O4. The second kappa shape index (κ2) is 8.91. The molecule has 7 nitrogen and oxygen atoms in total. The molecule has 0 spiro atoms. The summed E-state index contributed by atoms with van der Waals surface area (Å²) in [6.45, 7) is 1.75. The summed E-state index contributed by atoms with van der Waals surface area (Å²) in [6.07, 6.45) is 0. The Balaban J connectivity index is 1.49. The summed E-state index contributed by atoms with van der Waals surface area (Å²) in [5.41, 5.74) is 0.942. The zero-order chi connectivity index (χ0) is 19.9. The monoisotopic (exact) mass is 379 g/mol. The first-order valence-corrected chi connectivity index (χ1v) is 8.95. The minimum atomic E-state index is -0.126. The summed E-state index contributed by atoms with van der Waals surface area (Å²) in [5, 5.41) is 8.97. The Morgan fingerprint density at radius 1 is 1.00 bits per heavy atom. The van der Waals surface area contributed by atoms with Gasteiger partial charge in [0.25, 0.3) is 11.8 Å². The molecule has 2 aromatic carbocycles. The molecule has 0 bridgehead atoms. The van der Waals surface area contributed by atoms with Gasteiger partial charge in [0.1, 0.15) is 11.5 Å². The molecule has 1 aliphatic rings. The van der Waals surface area contributed by atoms with E-state index in [9.17, 15) is 9.59 Å². The standard InChI is InChI=1S/C21H21N3O4/c1-27-18-5-7-19(8-6-18)28-15-20(25)23-9-11-24(12-10-23)21(26)17-4-2-3-16(13-17)14-22/h2-8,13H,9-12,15H2,1H3. The topological polar surface area (TPSA) is 82.9 Å². The van der Waals surface area contributed by atoms with E-state index in [1.165, 1.54) is 0 Å². The van der Waals surface area contributed by atoms with Crippen molar-refractivity contribution in [2.24, 2.45) is 0 Å². The quantitative estimate of drug-likeness (QED) is 0.793. The highest BCUT2D eigenvalue weighted by Gasteiger charge is 2.25. The molecule has 1 fully saturated rings. The van der Waals surface area contributed by atoms with Crippen molar-refractivity contribution >= 4 is 11.8 Å². The first-order chi connectivity index (χ1) is 13.6. The van der Waals surface area contributed by atoms with E-state index in [1.54, 1.807) is 65.4 Å². The number of carbonyl (C=O) groups excluding carboxylic acids is 2. The van der Waals surface area contributed by atoms with Gasteiger partial charge >= 0.3 is 0 Å². The maximum absolute atomic E-state index is 12.6. The predicted octanol–water partition coefficient (Wildman–Crippen LogP) is 1.93. The van der Waals surface area contributed by atoms with Crippen molar-refractivity contribution in [3.05, 3.63) is 59.7 Å². The van der Waals surface area contributed by atoms with Gasteiger partial charge in [0, 0.05) is 31.7 Å². The van der Waals surface area contributed by atoms with Crippen LogP contribution in [-0.2, 0) is 4.79 Å². The maximum Gasteiger partial charge on any atom is 0.260 e. The molecule has 0 atom stereocenters. The molecule has 28 heavy (non-hydrogen) atoms. The summed E-state index contributed by atoms with van der Waals surface area (Å²) in [6, 6.07) is 15.7. The van der Waals surface area contributed by atoms with Gasteiger partial charge in [-0.2, -0.15) is 5.26 Å². The first-order valence-electron chi connectivity index (χ1n) is 8.95. The number of hydrogen-bond donors (Lipinski definition) is 0. The van der Waals surface area contributed by atoms with Crippen LogP contribution in [0.5, 0.6) is 11.5 Å². The highest BCUT2D eigenvalue weighted by atomic mass is 16.5. The van der Waals surface area contributed by atoms with Gasteiger partial charge in [0.15, 0.2) is 6.61 Å². The number of rotatable bonds is 5. The number of piperazine rings is 1. The van der Waals surface area contributed by atoms with Crippen LogP contribution in [0.15, 0.2) is 48.5 Å². The molecule has 2 amide bonds. The molecular weight excluding hydrogens is 358 g/mol. The molecule has 0 aromatic heterocycles. The normalized spacial score (nSPS) is 13.6. The Kier molecular flexibility index (Phi) is 6.12. The van der Waals surface area contributed by atoms with E-state index in [4.69, 9.17) is 14.7 Å². The third-order valence-electron chi connectivity index (χ3n) is 4.58. The fraction of sp³-hybridized carbons (Fsp3) is 0.286. The number of nitrogens with zero attached hydrogens (tertiary/aromatic N) is 3. The van der Waals surface area contributed by atoms with Crippen molar-refractivity contribution in [1.82, 2.24) is 9.80 Å². The molecule has 2 aromatic rings. The molecule has 0 saturated carbocycles. The van der Waals surface area contributed by atoms with E-state index in [-0.39, 0.29) is 18.4 Å². The Morgan fingerprint density at radius 2 is 1.64 bits per heavy atom. The molecule has 0 unspecified atom stereocenters. The van der Waals surface area contributed by atoms with E-state index in [0.29, 0.717) is 43.1 Å². The molecule has 7 heteroatoms. The number of ether oxygens (including phenoxy) is 2. The second-order valence-corrected chi connectivity index (χ2v) is 6.33. The lowest BCUT2D eigenvalue weighted by atomic mass is 10.1. The lowest BCUT2D eigenvalue weighted by molar-refractivity contribution is -0.134. The zero-order valence-electron chi connectivity index (χ0n) is 15.6. The van der Waals surface area contributed by atoms with Crippen LogP contribution in [0.4, 0.5) is 0 Å². The SMILES string of the molecule is COc1ccc(OCC(=O)N2CCN(C(=O)c3cccc(C#N)c3)CC2)cc1. The van der Waals surface area contributed by atoms with Gasteiger partial charge in [-0.3, -0.25) is 9.59 Å². The number of methoxy groups -OCH3 is 1. The van der Waals surface area contributed by atoms with Crippen molar-refractivity contribution in [3.8, 4) is 17.6 Å². The lowest BCUT2D eigenvalue weighted by Gasteiger charge is -2.34. The Hall–Kier alpha value is -3.53. The lowest BCUT2D eigenvalue weighted by Crippen LogP contribution is -2.51. The summed E-state index contributed by atoms with van der Waals surface area (Å²) >= 11 is 0. The largest absolute Gasteiger partial charge is 0.497 e. The maximum atomic E-state index is 12.6. The summed E-state index contributed by atoms with van der Waals surface area (Å²) in [4.78, 5) is 28.3. The van der Waals surface area contributed by atoms with Gasteiger partial charge in [-0.15, -0.1) is 0 Å². The molecule has 1 aliphatic heterocycles. The van der Waals surface area contributed by atoms with Crippen LogP contribution < -0.4 is 9.47 Å². The molecule has 144 valence electrons. The Bertz CT molecular complexity index is 881.